The molecule has 0 aromatic heterocycles. The lowest BCUT2D eigenvalue weighted by Gasteiger charge is -2.15. The highest BCUT2D eigenvalue weighted by Gasteiger charge is 2.26. The first-order valence-electron chi connectivity index (χ1n) is 3.68. The van der Waals surface area contributed by atoms with Crippen molar-refractivity contribution in [1.82, 2.24) is 5.32 Å². The number of terminal acetylenes is 1. The van der Waals surface area contributed by atoms with Crippen LogP contribution in [0.5, 0.6) is 0 Å². The zero-order chi connectivity index (χ0) is 8.10. The Bertz CT molecular complexity index is 153. The van der Waals surface area contributed by atoms with E-state index >= 15 is 0 Å². The van der Waals surface area contributed by atoms with Crippen LogP contribution in [0.2, 0.25) is 0 Å². The van der Waals surface area contributed by atoms with Gasteiger partial charge in [0.2, 0.25) is 0 Å². The van der Waals surface area contributed by atoms with E-state index in [1.165, 1.54) is 0 Å². The van der Waals surface area contributed by atoms with E-state index in [-0.39, 0.29) is 6.10 Å². The van der Waals surface area contributed by atoms with Crippen LogP contribution < -0.4 is 5.32 Å². The molecular formula is C8H13NO2. The van der Waals surface area contributed by atoms with Crippen molar-refractivity contribution >= 4 is 0 Å². The molecule has 0 aromatic rings. The van der Waals surface area contributed by atoms with Crippen molar-refractivity contribution in [2.24, 2.45) is 0 Å². The molecule has 3 nitrogen and oxygen atoms in total. The van der Waals surface area contributed by atoms with E-state index in [0.717, 1.165) is 0 Å². The topological polar surface area (TPSA) is 30.5 Å². The summed E-state index contributed by atoms with van der Waals surface area (Å²) in [6, 6.07) is 0.295. The van der Waals surface area contributed by atoms with E-state index in [1.54, 1.807) is 0 Å². The Balaban J connectivity index is 2.27. The minimum Gasteiger partial charge on any atom is -0.377 e. The summed E-state index contributed by atoms with van der Waals surface area (Å²) in [6.07, 6.45) is 5.18. The normalized spacial score (nSPS) is 30.2. The van der Waals surface area contributed by atoms with E-state index in [0.29, 0.717) is 25.9 Å². The first-order chi connectivity index (χ1) is 5.38. The highest BCUT2D eigenvalue weighted by molar-refractivity contribution is 4.87. The van der Waals surface area contributed by atoms with Crippen molar-refractivity contribution in [2.45, 2.75) is 12.1 Å². The van der Waals surface area contributed by atoms with Crippen molar-refractivity contribution in [2.75, 3.05) is 26.9 Å². The van der Waals surface area contributed by atoms with Crippen molar-refractivity contribution in [3.8, 4) is 12.3 Å². The largest absolute Gasteiger partial charge is 0.377 e. The lowest BCUT2D eigenvalue weighted by molar-refractivity contribution is 0.0547. The third-order valence-corrected chi connectivity index (χ3v) is 1.78. The second-order valence-corrected chi connectivity index (χ2v) is 2.49. The van der Waals surface area contributed by atoms with Crippen LogP contribution in [0.4, 0.5) is 0 Å². The fourth-order valence-electron chi connectivity index (χ4n) is 1.12. The van der Waals surface area contributed by atoms with Gasteiger partial charge in [0.1, 0.15) is 6.61 Å². The number of ether oxygens (including phenoxy) is 2. The highest BCUT2D eigenvalue weighted by atomic mass is 16.5. The van der Waals surface area contributed by atoms with Gasteiger partial charge in [-0.05, 0) is 7.05 Å². The molecule has 1 saturated heterocycles. The second-order valence-electron chi connectivity index (χ2n) is 2.49. The molecule has 62 valence electrons. The summed E-state index contributed by atoms with van der Waals surface area (Å²) in [5.74, 6) is 2.43. The van der Waals surface area contributed by atoms with Crippen LogP contribution in [-0.4, -0.2) is 39.0 Å². The summed E-state index contributed by atoms with van der Waals surface area (Å²) < 4.78 is 10.5. The standard InChI is InChI=1S/C8H13NO2/c1-3-4-11-8-6-10-5-7(8)9-2/h1,7-9H,4-6H2,2H3/t7-,8-/m0/s1. The number of hydrogen-bond donors (Lipinski definition) is 1. The Labute approximate surface area is 67.1 Å². The zero-order valence-electron chi connectivity index (χ0n) is 6.67. The van der Waals surface area contributed by atoms with Gasteiger partial charge in [-0.25, -0.2) is 0 Å². The Morgan fingerprint density at radius 3 is 3.18 bits per heavy atom. The van der Waals surface area contributed by atoms with Gasteiger partial charge >= 0.3 is 0 Å². The van der Waals surface area contributed by atoms with Gasteiger partial charge in [0.15, 0.2) is 0 Å². The fourth-order valence-corrected chi connectivity index (χ4v) is 1.12. The third-order valence-electron chi connectivity index (χ3n) is 1.78. The predicted molar refractivity (Wildman–Crippen MR) is 42.2 cm³/mol. The molecular weight excluding hydrogens is 142 g/mol. The van der Waals surface area contributed by atoms with Crippen molar-refractivity contribution in [3.63, 3.8) is 0 Å². The first-order valence-corrected chi connectivity index (χ1v) is 3.68. The summed E-state index contributed by atoms with van der Waals surface area (Å²) in [7, 11) is 1.89. The summed E-state index contributed by atoms with van der Waals surface area (Å²) in [6.45, 7) is 1.73. The summed E-state index contributed by atoms with van der Waals surface area (Å²) in [5.41, 5.74) is 0. The zero-order valence-corrected chi connectivity index (χ0v) is 6.67. The molecule has 0 saturated carbocycles. The van der Waals surface area contributed by atoms with Gasteiger partial charge in [0.25, 0.3) is 0 Å². The highest BCUT2D eigenvalue weighted by Crippen LogP contribution is 2.08. The lowest BCUT2D eigenvalue weighted by Crippen LogP contribution is -2.38. The van der Waals surface area contributed by atoms with Crippen molar-refractivity contribution in [3.05, 3.63) is 0 Å². The quantitative estimate of drug-likeness (QED) is 0.564. The molecule has 0 amide bonds. The van der Waals surface area contributed by atoms with E-state index in [1.807, 2.05) is 7.05 Å². The SMILES string of the molecule is C#CCO[C@H]1COC[C@@H]1NC. The van der Waals surface area contributed by atoms with Gasteiger partial charge in [0, 0.05) is 0 Å². The number of hydrogen-bond acceptors (Lipinski definition) is 3. The van der Waals surface area contributed by atoms with Gasteiger partial charge in [-0.3, -0.25) is 0 Å². The van der Waals surface area contributed by atoms with Gasteiger partial charge in [-0.15, -0.1) is 6.42 Å². The Kier molecular flexibility index (Phi) is 3.37. The fraction of sp³-hybridized carbons (Fsp3) is 0.750. The molecule has 1 aliphatic heterocycles. The number of rotatable bonds is 3. The molecule has 1 aliphatic rings. The van der Waals surface area contributed by atoms with Crippen molar-refractivity contribution in [1.29, 1.82) is 0 Å². The van der Waals surface area contributed by atoms with Crippen LogP contribution in [0, 0.1) is 12.3 Å². The number of likely N-dealkylation sites (N-methyl/N-ethyl adjacent to an activating group) is 1. The smallest absolute Gasteiger partial charge is 0.108 e. The van der Waals surface area contributed by atoms with Crippen LogP contribution in [-0.2, 0) is 9.47 Å². The van der Waals surface area contributed by atoms with Gasteiger partial charge < -0.3 is 14.8 Å². The summed E-state index contributed by atoms with van der Waals surface area (Å²) in [5, 5.41) is 3.10. The first kappa shape index (κ1) is 8.54. The Morgan fingerprint density at radius 2 is 2.55 bits per heavy atom. The third kappa shape index (κ3) is 2.19. The van der Waals surface area contributed by atoms with E-state index < -0.39 is 0 Å². The van der Waals surface area contributed by atoms with E-state index in [2.05, 4.69) is 11.2 Å². The molecule has 1 fully saturated rings. The molecule has 0 spiro atoms. The molecule has 1 rings (SSSR count). The van der Waals surface area contributed by atoms with Crippen LogP contribution in [0.3, 0.4) is 0 Å². The average molecular weight is 155 g/mol. The minimum absolute atomic E-state index is 0.121. The minimum atomic E-state index is 0.121. The molecule has 0 unspecified atom stereocenters. The Morgan fingerprint density at radius 1 is 1.73 bits per heavy atom. The molecule has 11 heavy (non-hydrogen) atoms. The van der Waals surface area contributed by atoms with Gasteiger partial charge in [-0.2, -0.15) is 0 Å². The van der Waals surface area contributed by atoms with Gasteiger partial charge in [0.05, 0.1) is 25.4 Å². The average Bonchev–Trinajstić information content (AvgIpc) is 2.47. The maximum Gasteiger partial charge on any atom is 0.108 e. The van der Waals surface area contributed by atoms with Crippen molar-refractivity contribution < 1.29 is 9.47 Å². The van der Waals surface area contributed by atoms with E-state index in [4.69, 9.17) is 15.9 Å². The molecule has 0 radical (unpaired) electrons. The summed E-state index contributed by atoms with van der Waals surface area (Å²) >= 11 is 0. The molecule has 0 bridgehead atoms. The van der Waals surface area contributed by atoms with Crippen LogP contribution in [0.25, 0.3) is 0 Å². The second kappa shape index (κ2) is 4.35. The molecule has 0 aliphatic carbocycles. The van der Waals surface area contributed by atoms with Crippen LogP contribution in [0.1, 0.15) is 0 Å². The number of nitrogens with one attached hydrogen (secondary N) is 1. The lowest BCUT2D eigenvalue weighted by atomic mass is 10.2. The maximum atomic E-state index is 5.33. The molecule has 1 N–H and O–H groups in total. The van der Waals surface area contributed by atoms with Crippen LogP contribution in [0.15, 0.2) is 0 Å². The monoisotopic (exact) mass is 155 g/mol. The van der Waals surface area contributed by atoms with E-state index in [9.17, 15) is 0 Å². The molecule has 2 atom stereocenters. The summed E-state index contributed by atoms with van der Waals surface area (Å²) in [4.78, 5) is 0. The molecule has 3 heteroatoms. The van der Waals surface area contributed by atoms with Gasteiger partial charge in [-0.1, -0.05) is 5.92 Å². The molecule has 0 aromatic carbocycles. The van der Waals surface area contributed by atoms with Crippen LogP contribution >= 0.6 is 0 Å². The Hall–Kier alpha value is -0.560. The predicted octanol–water partition coefficient (Wildman–Crippen LogP) is -0.377. The molecule has 1 heterocycles. The maximum absolute atomic E-state index is 5.33.